The minimum absolute atomic E-state index is 0.117. The lowest BCUT2D eigenvalue weighted by molar-refractivity contribution is 0.266. The van der Waals surface area contributed by atoms with Crippen molar-refractivity contribution in [2.45, 2.75) is 20.1 Å². The van der Waals surface area contributed by atoms with Crippen LogP contribution in [0.5, 0.6) is 0 Å². The number of aryl methyl sites for hydroxylation is 1. The number of halogens is 1. The molecule has 0 aliphatic heterocycles. The molecule has 0 radical (unpaired) electrons. The fraction of sp³-hybridized carbons (Fsp3) is 0.176. The van der Waals surface area contributed by atoms with Gasteiger partial charge in [0.05, 0.1) is 24.4 Å². The Morgan fingerprint density at radius 1 is 1.33 bits per heavy atom. The van der Waals surface area contributed by atoms with Gasteiger partial charge in [0.15, 0.2) is 0 Å². The molecule has 2 aromatic heterocycles. The molecule has 24 heavy (non-hydrogen) atoms. The molecule has 0 amide bonds. The molecular weight excluding hydrogens is 330 g/mol. The molecule has 1 aromatic carbocycles. The molecule has 2 heterocycles. The number of hydrogen-bond donors (Lipinski definition) is 2. The van der Waals surface area contributed by atoms with Crippen LogP contribution in [0.1, 0.15) is 17.0 Å². The van der Waals surface area contributed by atoms with Crippen molar-refractivity contribution < 1.29 is 9.63 Å². The standard InChI is InChI=1S/C17H16ClN3O3/c1-10-16(15(9-22)20-24-10)12-6-14(19)17(23)21(8-12)7-11-2-4-13(18)5-3-11/h2-6,8,22H,7,9,19H2,1H3. The van der Waals surface area contributed by atoms with Crippen LogP contribution < -0.4 is 11.3 Å². The molecule has 3 rings (SSSR count). The number of aliphatic hydroxyl groups is 1. The minimum Gasteiger partial charge on any atom is -0.394 e. The Hall–Kier alpha value is -2.57. The van der Waals surface area contributed by atoms with E-state index in [-0.39, 0.29) is 17.9 Å². The molecule has 7 heteroatoms. The summed E-state index contributed by atoms with van der Waals surface area (Å²) in [6.45, 7) is 1.84. The normalized spacial score (nSPS) is 11.0. The number of rotatable bonds is 4. The molecule has 0 aliphatic carbocycles. The first-order valence-corrected chi connectivity index (χ1v) is 7.68. The van der Waals surface area contributed by atoms with E-state index in [1.165, 1.54) is 4.57 Å². The Morgan fingerprint density at radius 2 is 2.04 bits per heavy atom. The number of anilines is 1. The average Bonchev–Trinajstić information content (AvgIpc) is 2.94. The van der Waals surface area contributed by atoms with Crippen molar-refractivity contribution in [3.63, 3.8) is 0 Å². The SMILES string of the molecule is Cc1onc(CO)c1-c1cc(N)c(=O)n(Cc2ccc(Cl)cc2)c1. The molecule has 0 atom stereocenters. The van der Waals surface area contributed by atoms with E-state index in [1.54, 1.807) is 31.3 Å². The van der Waals surface area contributed by atoms with Gasteiger partial charge in [-0.05, 0) is 30.7 Å². The zero-order valence-corrected chi connectivity index (χ0v) is 13.7. The maximum absolute atomic E-state index is 12.3. The zero-order valence-electron chi connectivity index (χ0n) is 13.0. The van der Waals surface area contributed by atoms with Gasteiger partial charge in [-0.1, -0.05) is 28.9 Å². The third kappa shape index (κ3) is 3.06. The molecule has 3 N–H and O–H groups in total. The molecule has 0 aliphatic rings. The van der Waals surface area contributed by atoms with Crippen molar-refractivity contribution in [2.75, 3.05) is 5.73 Å². The summed E-state index contributed by atoms with van der Waals surface area (Å²) >= 11 is 5.89. The summed E-state index contributed by atoms with van der Waals surface area (Å²) in [5, 5.41) is 13.9. The molecule has 0 unspecified atom stereocenters. The van der Waals surface area contributed by atoms with E-state index in [2.05, 4.69) is 5.16 Å². The van der Waals surface area contributed by atoms with Crippen LogP contribution in [0, 0.1) is 6.92 Å². The van der Waals surface area contributed by atoms with Crippen LogP contribution in [0.15, 0.2) is 45.8 Å². The summed E-state index contributed by atoms with van der Waals surface area (Å²) in [4.78, 5) is 12.3. The molecule has 0 spiro atoms. The summed E-state index contributed by atoms with van der Waals surface area (Å²) in [5.74, 6) is 0.551. The van der Waals surface area contributed by atoms with Crippen LogP contribution in [-0.4, -0.2) is 14.8 Å². The second kappa shape index (κ2) is 6.51. The highest BCUT2D eigenvalue weighted by Crippen LogP contribution is 2.27. The largest absolute Gasteiger partial charge is 0.394 e. The number of hydrogen-bond acceptors (Lipinski definition) is 5. The van der Waals surface area contributed by atoms with E-state index >= 15 is 0 Å². The predicted molar refractivity (Wildman–Crippen MR) is 91.8 cm³/mol. The second-order valence-electron chi connectivity index (χ2n) is 5.46. The van der Waals surface area contributed by atoms with Crippen LogP contribution in [0.3, 0.4) is 0 Å². The number of pyridine rings is 1. The fourth-order valence-electron chi connectivity index (χ4n) is 2.60. The number of nitrogen functional groups attached to an aromatic ring is 1. The van der Waals surface area contributed by atoms with Crippen molar-refractivity contribution in [1.82, 2.24) is 9.72 Å². The van der Waals surface area contributed by atoms with Gasteiger partial charge in [-0.2, -0.15) is 0 Å². The summed E-state index contributed by atoms with van der Waals surface area (Å²) in [6.07, 6.45) is 1.69. The lowest BCUT2D eigenvalue weighted by Crippen LogP contribution is -2.23. The first-order chi connectivity index (χ1) is 11.5. The lowest BCUT2D eigenvalue weighted by atomic mass is 10.1. The topological polar surface area (TPSA) is 94.3 Å². The fourth-order valence-corrected chi connectivity index (χ4v) is 2.72. The Kier molecular flexibility index (Phi) is 4.42. The van der Waals surface area contributed by atoms with E-state index in [4.69, 9.17) is 21.9 Å². The highest BCUT2D eigenvalue weighted by atomic mass is 35.5. The van der Waals surface area contributed by atoms with Gasteiger partial charge in [-0.25, -0.2) is 0 Å². The van der Waals surface area contributed by atoms with Gasteiger partial charge in [0.25, 0.3) is 5.56 Å². The summed E-state index contributed by atoms with van der Waals surface area (Å²) in [7, 11) is 0. The van der Waals surface area contributed by atoms with E-state index < -0.39 is 0 Å². The van der Waals surface area contributed by atoms with Gasteiger partial charge in [-0.15, -0.1) is 0 Å². The van der Waals surface area contributed by atoms with Crippen molar-refractivity contribution in [1.29, 1.82) is 0 Å². The average molecular weight is 346 g/mol. The van der Waals surface area contributed by atoms with Crippen LogP contribution in [-0.2, 0) is 13.2 Å². The van der Waals surface area contributed by atoms with Crippen LogP contribution in [0.2, 0.25) is 5.02 Å². The quantitative estimate of drug-likeness (QED) is 0.758. The summed E-state index contributed by atoms with van der Waals surface area (Å²) in [6, 6.07) is 8.80. The Labute approximate surface area is 143 Å². The Bertz CT molecular complexity index is 929. The molecular formula is C17H16ClN3O3. The summed E-state index contributed by atoms with van der Waals surface area (Å²) in [5.41, 5.74) is 8.35. The van der Waals surface area contributed by atoms with Gasteiger partial charge in [0.1, 0.15) is 11.5 Å². The molecule has 3 aromatic rings. The van der Waals surface area contributed by atoms with Crippen LogP contribution >= 0.6 is 11.6 Å². The van der Waals surface area contributed by atoms with Gasteiger partial charge in [0.2, 0.25) is 0 Å². The maximum Gasteiger partial charge on any atom is 0.274 e. The highest BCUT2D eigenvalue weighted by Gasteiger charge is 2.16. The van der Waals surface area contributed by atoms with Gasteiger partial charge >= 0.3 is 0 Å². The Balaban J connectivity index is 2.07. The molecule has 6 nitrogen and oxygen atoms in total. The van der Waals surface area contributed by atoms with Crippen molar-refractivity contribution >= 4 is 17.3 Å². The van der Waals surface area contributed by atoms with E-state index in [0.717, 1.165) is 5.56 Å². The second-order valence-corrected chi connectivity index (χ2v) is 5.90. The maximum atomic E-state index is 12.3. The highest BCUT2D eigenvalue weighted by molar-refractivity contribution is 6.30. The number of aliphatic hydroxyl groups excluding tert-OH is 1. The summed E-state index contributed by atoms with van der Waals surface area (Å²) < 4.78 is 6.64. The first-order valence-electron chi connectivity index (χ1n) is 7.30. The molecule has 124 valence electrons. The van der Waals surface area contributed by atoms with Crippen LogP contribution in [0.25, 0.3) is 11.1 Å². The van der Waals surface area contributed by atoms with E-state index in [1.807, 2.05) is 12.1 Å². The third-order valence-electron chi connectivity index (χ3n) is 3.75. The number of aromatic nitrogens is 2. The van der Waals surface area contributed by atoms with Crippen molar-refractivity contribution in [3.05, 3.63) is 68.9 Å². The Morgan fingerprint density at radius 3 is 2.71 bits per heavy atom. The smallest absolute Gasteiger partial charge is 0.274 e. The molecule has 0 fully saturated rings. The van der Waals surface area contributed by atoms with Crippen molar-refractivity contribution in [3.8, 4) is 11.1 Å². The molecule has 0 bridgehead atoms. The first kappa shape index (κ1) is 16.3. The zero-order chi connectivity index (χ0) is 17.3. The minimum atomic E-state index is -0.284. The number of nitrogens with zero attached hydrogens (tertiary/aromatic N) is 2. The number of nitrogens with two attached hydrogens (primary N) is 1. The van der Waals surface area contributed by atoms with Crippen molar-refractivity contribution in [2.24, 2.45) is 0 Å². The predicted octanol–water partition coefficient (Wildman–Crippen LogP) is 2.59. The number of benzene rings is 1. The monoisotopic (exact) mass is 345 g/mol. The third-order valence-corrected chi connectivity index (χ3v) is 4.00. The molecule has 0 saturated carbocycles. The van der Waals surface area contributed by atoms with Gasteiger partial charge in [-0.3, -0.25) is 4.79 Å². The van der Waals surface area contributed by atoms with Gasteiger partial charge in [0, 0.05) is 16.8 Å². The molecule has 0 saturated heterocycles. The van der Waals surface area contributed by atoms with E-state index in [0.29, 0.717) is 34.1 Å². The van der Waals surface area contributed by atoms with Crippen LogP contribution in [0.4, 0.5) is 5.69 Å². The van der Waals surface area contributed by atoms with Gasteiger partial charge < -0.3 is 19.9 Å². The lowest BCUT2D eigenvalue weighted by Gasteiger charge is -2.10. The van der Waals surface area contributed by atoms with E-state index in [9.17, 15) is 9.90 Å².